The van der Waals surface area contributed by atoms with Crippen molar-refractivity contribution in [3.05, 3.63) is 112 Å². The van der Waals surface area contributed by atoms with Gasteiger partial charge in [-0.15, -0.1) is 0 Å². The zero-order chi connectivity index (χ0) is 26.9. The normalized spacial score (nSPS) is 21.5. The summed E-state index contributed by atoms with van der Waals surface area (Å²) in [7, 11) is 0. The van der Waals surface area contributed by atoms with E-state index in [0.717, 1.165) is 21.2 Å². The number of amides is 2. The number of carbonyl (C=O) groups excluding carboxylic acids is 2. The first kappa shape index (κ1) is 26.4. The van der Waals surface area contributed by atoms with Gasteiger partial charge in [0.25, 0.3) is 5.91 Å². The highest BCUT2D eigenvalue weighted by atomic mass is 79.9. The second kappa shape index (κ2) is 10.8. The van der Waals surface area contributed by atoms with Crippen molar-refractivity contribution < 1.29 is 19.8 Å². The summed E-state index contributed by atoms with van der Waals surface area (Å²) in [6.07, 6.45) is 4.21. The van der Waals surface area contributed by atoms with Crippen LogP contribution in [0.15, 0.2) is 89.4 Å². The molecule has 0 aromatic heterocycles. The van der Waals surface area contributed by atoms with Gasteiger partial charge in [0.2, 0.25) is 5.91 Å². The Labute approximate surface area is 231 Å². The first-order valence-electron chi connectivity index (χ1n) is 12.8. The zero-order valence-corrected chi connectivity index (χ0v) is 22.8. The van der Waals surface area contributed by atoms with Gasteiger partial charge in [0.1, 0.15) is 0 Å². The number of fused-ring (bicyclic) bond motifs is 2. The highest BCUT2D eigenvalue weighted by molar-refractivity contribution is 9.10. The molecule has 2 aliphatic heterocycles. The number of halogens is 1. The Morgan fingerprint density at radius 2 is 1.82 bits per heavy atom. The van der Waals surface area contributed by atoms with Gasteiger partial charge < -0.3 is 20.0 Å². The van der Waals surface area contributed by atoms with Crippen molar-refractivity contribution >= 4 is 33.4 Å². The predicted molar refractivity (Wildman–Crippen MR) is 150 cm³/mol. The largest absolute Gasteiger partial charge is 0.394 e. The van der Waals surface area contributed by atoms with E-state index in [4.69, 9.17) is 0 Å². The van der Waals surface area contributed by atoms with Crippen LogP contribution < -0.4 is 4.90 Å². The predicted octanol–water partition coefficient (Wildman–Crippen LogP) is 4.71. The summed E-state index contributed by atoms with van der Waals surface area (Å²) < 4.78 is 0.774. The Bertz CT molecular complexity index is 1380. The van der Waals surface area contributed by atoms with Crippen molar-refractivity contribution in [1.82, 2.24) is 4.90 Å². The fourth-order valence-corrected chi connectivity index (χ4v) is 5.88. The average Bonchev–Trinajstić information content (AvgIpc) is 3.14. The molecule has 2 aliphatic rings. The van der Waals surface area contributed by atoms with Gasteiger partial charge in [0, 0.05) is 28.9 Å². The van der Waals surface area contributed by atoms with E-state index in [1.54, 1.807) is 34.9 Å². The van der Waals surface area contributed by atoms with Crippen molar-refractivity contribution in [3.8, 4) is 0 Å². The van der Waals surface area contributed by atoms with Crippen LogP contribution in [-0.4, -0.2) is 39.6 Å². The van der Waals surface area contributed by atoms with Gasteiger partial charge in [-0.1, -0.05) is 89.6 Å². The summed E-state index contributed by atoms with van der Waals surface area (Å²) in [6, 6.07) is 22.9. The summed E-state index contributed by atoms with van der Waals surface area (Å²) >= 11 is 3.48. The summed E-state index contributed by atoms with van der Waals surface area (Å²) in [6.45, 7) is 2.51. The SMILES string of the molecule is C[C@@H](/C=C/CC(=O)N1Cc2ccccc2C[C@H]1CO)[C@]1(O)C(=O)N(Cc2ccccc2)c2ccc(Br)cc21. The highest BCUT2D eigenvalue weighted by Gasteiger charge is 2.52. The zero-order valence-electron chi connectivity index (χ0n) is 21.3. The standard InChI is InChI=1S/C31H31BrN2O4/c1-21(8-7-13-29(36)33-19-24-12-6-5-11-23(24)16-26(33)20-35)31(38)27-17-25(32)14-15-28(27)34(30(31)37)18-22-9-3-2-4-10-22/h2-12,14-15,17,21,26,35,38H,13,16,18-20H2,1H3/b8-7+/t21-,26-,31+/m0/s1. The maximum absolute atomic E-state index is 13.7. The number of aliphatic hydroxyl groups excluding tert-OH is 1. The van der Waals surface area contributed by atoms with E-state index in [1.807, 2.05) is 66.7 Å². The molecule has 5 rings (SSSR count). The third-order valence-electron chi connectivity index (χ3n) is 7.68. The molecular formula is C31H31BrN2O4. The van der Waals surface area contributed by atoms with Crippen LogP contribution in [-0.2, 0) is 34.7 Å². The van der Waals surface area contributed by atoms with Crippen molar-refractivity contribution in [2.24, 2.45) is 5.92 Å². The molecule has 0 aliphatic carbocycles. The van der Waals surface area contributed by atoms with E-state index < -0.39 is 11.5 Å². The maximum atomic E-state index is 13.7. The molecule has 6 nitrogen and oxygen atoms in total. The molecule has 2 heterocycles. The van der Waals surface area contributed by atoms with Gasteiger partial charge in [0.05, 0.1) is 24.9 Å². The second-order valence-corrected chi connectivity index (χ2v) is 11.0. The number of hydrogen-bond acceptors (Lipinski definition) is 4. The van der Waals surface area contributed by atoms with Crippen LogP contribution in [0.5, 0.6) is 0 Å². The maximum Gasteiger partial charge on any atom is 0.264 e. The van der Waals surface area contributed by atoms with E-state index >= 15 is 0 Å². The van der Waals surface area contributed by atoms with Crippen LogP contribution in [0.4, 0.5) is 5.69 Å². The minimum atomic E-state index is -1.76. The van der Waals surface area contributed by atoms with E-state index in [0.29, 0.717) is 30.8 Å². The number of hydrogen-bond donors (Lipinski definition) is 2. The third kappa shape index (κ3) is 4.82. The first-order valence-corrected chi connectivity index (χ1v) is 13.6. The number of rotatable bonds is 7. The van der Waals surface area contributed by atoms with Crippen molar-refractivity contribution in [3.63, 3.8) is 0 Å². The van der Waals surface area contributed by atoms with Gasteiger partial charge in [-0.25, -0.2) is 0 Å². The molecule has 0 unspecified atom stereocenters. The number of aliphatic hydroxyl groups is 2. The lowest BCUT2D eigenvalue weighted by atomic mass is 9.83. The van der Waals surface area contributed by atoms with E-state index in [9.17, 15) is 19.8 Å². The molecule has 38 heavy (non-hydrogen) atoms. The summed E-state index contributed by atoms with van der Waals surface area (Å²) in [5.74, 6) is -1.06. The third-order valence-corrected chi connectivity index (χ3v) is 8.17. The fraction of sp³-hybridized carbons (Fsp3) is 0.290. The van der Waals surface area contributed by atoms with Crippen LogP contribution in [0.2, 0.25) is 0 Å². The first-order chi connectivity index (χ1) is 18.3. The monoisotopic (exact) mass is 574 g/mol. The fourth-order valence-electron chi connectivity index (χ4n) is 5.51. The van der Waals surface area contributed by atoms with Gasteiger partial charge in [-0.3, -0.25) is 9.59 Å². The topological polar surface area (TPSA) is 81.1 Å². The quantitative estimate of drug-likeness (QED) is 0.400. The molecule has 0 fully saturated rings. The Kier molecular flexibility index (Phi) is 7.52. The van der Waals surface area contributed by atoms with Gasteiger partial charge in [-0.05, 0) is 41.3 Å². The van der Waals surface area contributed by atoms with Crippen LogP contribution in [0.25, 0.3) is 0 Å². The second-order valence-electron chi connectivity index (χ2n) is 10.1. The minimum absolute atomic E-state index is 0.0967. The van der Waals surface area contributed by atoms with Crippen LogP contribution in [0.1, 0.15) is 35.6 Å². The highest BCUT2D eigenvalue weighted by Crippen LogP contribution is 2.46. The molecule has 0 saturated carbocycles. The molecule has 3 aromatic rings. The molecule has 0 radical (unpaired) electrons. The molecule has 2 N–H and O–H groups in total. The Hall–Kier alpha value is -3.26. The van der Waals surface area contributed by atoms with Crippen molar-refractivity contribution in [2.75, 3.05) is 11.5 Å². The summed E-state index contributed by atoms with van der Waals surface area (Å²) in [4.78, 5) is 30.2. The van der Waals surface area contributed by atoms with Crippen LogP contribution in [0, 0.1) is 5.92 Å². The lowest BCUT2D eigenvalue weighted by Gasteiger charge is -2.36. The molecule has 2 amide bonds. The van der Waals surface area contributed by atoms with Gasteiger partial charge in [-0.2, -0.15) is 0 Å². The van der Waals surface area contributed by atoms with E-state index in [-0.39, 0.29) is 30.9 Å². The molecular weight excluding hydrogens is 544 g/mol. The molecule has 7 heteroatoms. The Morgan fingerprint density at radius 1 is 1.11 bits per heavy atom. The summed E-state index contributed by atoms with van der Waals surface area (Å²) in [5.41, 5.74) is 2.68. The summed E-state index contributed by atoms with van der Waals surface area (Å²) in [5, 5.41) is 21.8. The smallest absolute Gasteiger partial charge is 0.264 e. The molecule has 0 bridgehead atoms. The Morgan fingerprint density at radius 3 is 2.55 bits per heavy atom. The van der Waals surface area contributed by atoms with Gasteiger partial charge >= 0.3 is 0 Å². The number of nitrogens with zero attached hydrogens (tertiary/aromatic N) is 2. The molecule has 196 valence electrons. The average molecular weight is 576 g/mol. The van der Waals surface area contributed by atoms with Crippen molar-refractivity contribution in [1.29, 1.82) is 0 Å². The molecule has 3 atom stereocenters. The lowest BCUT2D eigenvalue weighted by molar-refractivity contribution is -0.139. The number of benzene rings is 3. The molecule has 0 spiro atoms. The Balaban J connectivity index is 1.34. The van der Waals surface area contributed by atoms with Crippen molar-refractivity contribution in [2.45, 2.75) is 44.5 Å². The number of carbonyl (C=O) groups is 2. The molecule has 0 saturated heterocycles. The van der Waals surface area contributed by atoms with E-state index in [2.05, 4.69) is 15.9 Å². The molecule has 3 aromatic carbocycles. The van der Waals surface area contributed by atoms with Crippen LogP contribution in [0.3, 0.4) is 0 Å². The van der Waals surface area contributed by atoms with Gasteiger partial charge in [0.15, 0.2) is 5.60 Å². The van der Waals surface area contributed by atoms with Crippen LogP contribution >= 0.6 is 15.9 Å². The minimum Gasteiger partial charge on any atom is -0.394 e. The number of anilines is 1. The lowest BCUT2D eigenvalue weighted by Crippen LogP contribution is -2.46. The van der Waals surface area contributed by atoms with E-state index in [1.165, 1.54) is 0 Å².